The van der Waals surface area contributed by atoms with Crippen LogP contribution in [0.2, 0.25) is 0 Å². The Balaban J connectivity index is 2.89. The van der Waals surface area contributed by atoms with E-state index in [1.54, 1.807) is 6.92 Å². The number of esters is 1. The summed E-state index contributed by atoms with van der Waals surface area (Å²) in [7, 11) is 0. The molecule has 86 valence electrons. The highest BCUT2D eigenvalue weighted by Crippen LogP contribution is 2.18. The molecule has 0 aliphatic rings. The fourth-order valence-corrected chi connectivity index (χ4v) is 1.02. The molecule has 1 N–H and O–H groups in total. The second-order valence-electron chi connectivity index (χ2n) is 2.92. The van der Waals surface area contributed by atoms with Gasteiger partial charge in [0, 0.05) is 0 Å². The molecule has 3 nitrogen and oxygen atoms in total. The van der Waals surface area contributed by atoms with E-state index in [0.29, 0.717) is 0 Å². The Morgan fingerprint density at radius 1 is 1.56 bits per heavy atom. The van der Waals surface area contributed by atoms with Gasteiger partial charge in [0.05, 0.1) is 6.61 Å². The molecule has 0 fully saturated rings. The minimum absolute atomic E-state index is 0.0596. The summed E-state index contributed by atoms with van der Waals surface area (Å²) in [6.07, 6.45) is 0.834. The first-order chi connectivity index (χ1) is 7.54. The molecular formula is C11H10F2O3. The van der Waals surface area contributed by atoms with E-state index in [4.69, 9.17) is 5.11 Å². The van der Waals surface area contributed by atoms with Crippen molar-refractivity contribution in [3.8, 4) is 5.75 Å². The monoisotopic (exact) mass is 228 g/mol. The Morgan fingerprint density at radius 3 is 2.81 bits per heavy atom. The topological polar surface area (TPSA) is 46.5 Å². The Labute approximate surface area is 91.0 Å². The van der Waals surface area contributed by atoms with E-state index in [-0.39, 0.29) is 12.2 Å². The molecule has 1 aromatic rings. The SMILES string of the molecule is CCOC(=O)/C(F)=C/c1ccc(O)c(F)c1. The standard InChI is InChI=1S/C11H10F2O3/c1-2-16-11(15)9(13)6-7-3-4-10(14)8(12)5-7/h3-6,14H,2H2,1H3/b9-6-. The smallest absolute Gasteiger partial charge is 0.367 e. The van der Waals surface area contributed by atoms with E-state index in [9.17, 15) is 13.6 Å². The first-order valence-corrected chi connectivity index (χ1v) is 4.57. The van der Waals surface area contributed by atoms with E-state index < -0.39 is 23.4 Å². The van der Waals surface area contributed by atoms with Gasteiger partial charge in [-0.25, -0.2) is 9.18 Å². The molecule has 0 saturated carbocycles. The molecule has 0 atom stereocenters. The van der Waals surface area contributed by atoms with Crippen molar-refractivity contribution in [3.05, 3.63) is 35.4 Å². The zero-order valence-corrected chi connectivity index (χ0v) is 8.54. The summed E-state index contributed by atoms with van der Waals surface area (Å²) in [5.74, 6) is -3.64. The molecule has 0 aliphatic carbocycles. The lowest BCUT2D eigenvalue weighted by Crippen LogP contribution is -2.03. The van der Waals surface area contributed by atoms with Crippen LogP contribution >= 0.6 is 0 Å². The van der Waals surface area contributed by atoms with Crippen LogP contribution in [0.1, 0.15) is 12.5 Å². The second kappa shape index (κ2) is 5.25. The molecule has 0 bridgehead atoms. The van der Waals surface area contributed by atoms with Crippen LogP contribution in [0.15, 0.2) is 24.0 Å². The number of aromatic hydroxyl groups is 1. The Morgan fingerprint density at radius 2 is 2.25 bits per heavy atom. The van der Waals surface area contributed by atoms with Gasteiger partial charge in [-0.15, -0.1) is 0 Å². The number of ether oxygens (including phenoxy) is 1. The van der Waals surface area contributed by atoms with Gasteiger partial charge in [-0.2, -0.15) is 4.39 Å². The second-order valence-corrected chi connectivity index (χ2v) is 2.92. The molecule has 0 aliphatic heterocycles. The minimum Gasteiger partial charge on any atom is -0.505 e. The van der Waals surface area contributed by atoms with Crippen LogP contribution in [-0.2, 0) is 9.53 Å². The van der Waals surface area contributed by atoms with Crippen molar-refractivity contribution >= 4 is 12.0 Å². The minimum atomic E-state index is -1.12. The number of rotatable bonds is 3. The van der Waals surface area contributed by atoms with Crippen LogP contribution in [0.4, 0.5) is 8.78 Å². The predicted octanol–water partition coefficient (Wildman–Crippen LogP) is 2.40. The quantitative estimate of drug-likeness (QED) is 0.638. The van der Waals surface area contributed by atoms with Crippen LogP contribution in [0.5, 0.6) is 5.75 Å². The molecule has 16 heavy (non-hydrogen) atoms. The third kappa shape index (κ3) is 3.05. The molecule has 1 rings (SSSR count). The average molecular weight is 228 g/mol. The average Bonchev–Trinajstić information content (AvgIpc) is 2.24. The highest BCUT2D eigenvalue weighted by molar-refractivity contribution is 5.91. The maximum Gasteiger partial charge on any atom is 0.367 e. The molecule has 1 aromatic carbocycles. The fourth-order valence-electron chi connectivity index (χ4n) is 1.02. The van der Waals surface area contributed by atoms with E-state index >= 15 is 0 Å². The van der Waals surface area contributed by atoms with Crippen LogP contribution in [0.3, 0.4) is 0 Å². The molecule has 0 unspecified atom stereocenters. The molecule has 0 heterocycles. The lowest BCUT2D eigenvalue weighted by Gasteiger charge is -1.99. The molecule has 0 spiro atoms. The van der Waals surface area contributed by atoms with E-state index in [0.717, 1.165) is 18.2 Å². The summed E-state index contributed by atoms with van der Waals surface area (Å²) in [4.78, 5) is 10.9. The summed E-state index contributed by atoms with van der Waals surface area (Å²) in [5, 5.41) is 8.89. The zero-order chi connectivity index (χ0) is 12.1. The third-order valence-electron chi connectivity index (χ3n) is 1.74. The number of halogens is 2. The summed E-state index contributed by atoms with van der Waals surface area (Å²) in [5.41, 5.74) is 0.126. The van der Waals surface area contributed by atoms with Gasteiger partial charge in [0.25, 0.3) is 0 Å². The summed E-state index contributed by atoms with van der Waals surface area (Å²) < 4.78 is 30.4. The number of benzene rings is 1. The van der Waals surface area contributed by atoms with Crippen molar-refractivity contribution in [1.82, 2.24) is 0 Å². The van der Waals surface area contributed by atoms with Crippen molar-refractivity contribution < 1.29 is 23.4 Å². The van der Waals surface area contributed by atoms with Crippen molar-refractivity contribution in [2.75, 3.05) is 6.61 Å². The van der Waals surface area contributed by atoms with E-state index in [2.05, 4.69) is 4.74 Å². The number of phenols is 1. The van der Waals surface area contributed by atoms with Crippen LogP contribution in [0.25, 0.3) is 6.08 Å². The highest BCUT2D eigenvalue weighted by atomic mass is 19.1. The first-order valence-electron chi connectivity index (χ1n) is 4.57. The lowest BCUT2D eigenvalue weighted by atomic mass is 10.2. The van der Waals surface area contributed by atoms with Gasteiger partial charge < -0.3 is 9.84 Å². The maximum atomic E-state index is 13.1. The number of phenolic OH excluding ortho intramolecular Hbond substituents is 1. The number of carbonyl (C=O) groups excluding carboxylic acids is 1. The van der Waals surface area contributed by atoms with Gasteiger partial charge in [-0.05, 0) is 30.7 Å². The van der Waals surface area contributed by atoms with Crippen molar-refractivity contribution in [1.29, 1.82) is 0 Å². The van der Waals surface area contributed by atoms with Gasteiger partial charge >= 0.3 is 5.97 Å². The summed E-state index contributed by atoms with van der Waals surface area (Å²) >= 11 is 0. The molecule has 0 saturated heterocycles. The predicted molar refractivity (Wildman–Crippen MR) is 53.8 cm³/mol. The largest absolute Gasteiger partial charge is 0.505 e. The normalized spacial score (nSPS) is 11.3. The number of carbonyl (C=O) groups is 1. The fraction of sp³-hybridized carbons (Fsp3) is 0.182. The molecule has 5 heteroatoms. The van der Waals surface area contributed by atoms with Crippen LogP contribution in [-0.4, -0.2) is 17.7 Å². The van der Waals surface area contributed by atoms with Crippen molar-refractivity contribution in [3.63, 3.8) is 0 Å². The van der Waals surface area contributed by atoms with Gasteiger partial charge in [0.2, 0.25) is 5.83 Å². The summed E-state index contributed by atoms with van der Waals surface area (Å²) in [6.45, 7) is 1.61. The highest BCUT2D eigenvalue weighted by Gasteiger charge is 2.09. The first kappa shape index (κ1) is 12.2. The molecule has 0 radical (unpaired) electrons. The van der Waals surface area contributed by atoms with Gasteiger partial charge in [-0.3, -0.25) is 0 Å². The van der Waals surface area contributed by atoms with E-state index in [1.165, 1.54) is 6.07 Å². The van der Waals surface area contributed by atoms with Gasteiger partial charge in [0.15, 0.2) is 11.6 Å². The third-order valence-corrected chi connectivity index (χ3v) is 1.74. The van der Waals surface area contributed by atoms with Crippen LogP contribution < -0.4 is 0 Å². The Kier molecular flexibility index (Phi) is 3.99. The van der Waals surface area contributed by atoms with Crippen molar-refractivity contribution in [2.24, 2.45) is 0 Å². The Hall–Kier alpha value is -1.91. The zero-order valence-electron chi connectivity index (χ0n) is 8.54. The number of hydrogen-bond acceptors (Lipinski definition) is 3. The molecular weight excluding hydrogens is 218 g/mol. The lowest BCUT2D eigenvalue weighted by molar-refractivity contribution is -0.140. The van der Waals surface area contributed by atoms with Crippen LogP contribution in [0, 0.1) is 5.82 Å². The summed E-state index contributed by atoms with van der Waals surface area (Å²) in [6, 6.07) is 3.25. The molecule has 0 amide bonds. The van der Waals surface area contributed by atoms with Gasteiger partial charge in [-0.1, -0.05) is 6.07 Å². The van der Waals surface area contributed by atoms with Crippen molar-refractivity contribution in [2.45, 2.75) is 6.92 Å². The number of hydrogen-bond donors (Lipinski definition) is 1. The van der Waals surface area contributed by atoms with Gasteiger partial charge in [0.1, 0.15) is 0 Å². The van der Waals surface area contributed by atoms with E-state index in [1.807, 2.05) is 0 Å². The molecule has 0 aromatic heterocycles. The Bertz CT molecular complexity index is 427. The maximum absolute atomic E-state index is 13.1.